The molecule has 1 heterocycles. The first-order valence-electron chi connectivity index (χ1n) is 6.02. The summed E-state index contributed by atoms with van der Waals surface area (Å²) < 4.78 is 16.6. The van der Waals surface area contributed by atoms with Crippen molar-refractivity contribution in [2.45, 2.75) is 18.9 Å². The summed E-state index contributed by atoms with van der Waals surface area (Å²) in [6.45, 7) is 2.37. The fourth-order valence-corrected chi connectivity index (χ4v) is 2.70. The van der Waals surface area contributed by atoms with E-state index in [0.29, 0.717) is 23.9 Å². The molecule has 0 bridgehead atoms. The molecular formula is C14H16BrNO3S. The molecule has 0 aliphatic heterocycles. The van der Waals surface area contributed by atoms with E-state index in [1.165, 1.54) is 0 Å². The number of benzene rings is 1. The van der Waals surface area contributed by atoms with Gasteiger partial charge in [0.1, 0.15) is 6.61 Å². The molecule has 2 rings (SSSR count). The molecule has 0 aliphatic rings. The van der Waals surface area contributed by atoms with Crippen molar-refractivity contribution in [3.8, 4) is 17.2 Å². The van der Waals surface area contributed by atoms with Crippen LogP contribution in [0.3, 0.4) is 0 Å². The van der Waals surface area contributed by atoms with Gasteiger partial charge < -0.3 is 14.2 Å². The molecule has 0 spiro atoms. The second-order valence-corrected chi connectivity index (χ2v) is 5.73. The van der Waals surface area contributed by atoms with Crippen molar-refractivity contribution < 1.29 is 14.2 Å². The van der Waals surface area contributed by atoms with Crippen molar-refractivity contribution in [1.82, 2.24) is 4.98 Å². The van der Waals surface area contributed by atoms with E-state index >= 15 is 0 Å². The van der Waals surface area contributed by atoms with Crippen LogP contribution in [-0.2, 0) is 11.9 Å². The molecule has 0 saturated carbocycles. The highest BCUT2D eigenvalue weighted by Gasteiger charge is 2.14. The molecule has 2 aromatic rings. The Labute approximate surface area is 130 Å². The quantitative estimate of drug-likeness (QED) is 0.734. The summed E-state index contributed by atoms with van der Waals surface area (Å²) >= 11 is 5.03. The van der Waals surface area contributed by atoms with Crippen molar-refractivity contribution in [3.05, 3.63) is 33.8 Å². The van der Waals surface area contributed by atoms with Crippen molar-refractivity contribution in [2.75, 3.05) is 14.2 Å². The molecule has 108 valence electrons. The standard InChI is InChI=1S/C14H16BrNO3S/c1-9-16-11(8-20-9)7-19-14-12(17-2)4-10(6-15)5-13(14)18-3/h4-5,8H,6-7H2,1-3H3. The van der Waals surface area contributed by atoms with E-state index in [4.69, 9.17) is 14.2 Å². The van der Waals surface area contributed by atoms with Gasteiger partial charge in [-0.15, -0.1) is 11.3 Å². The van der Waals surface area contributed by atoms with Crippen molar-refractivity contribution in [2.24, 2.45) is 0 Å². The normalized spacial score (nSPS) is 10.4. The number of rotatable bonds is 6. The van der Waals surface area contributed by atoms with E-state index in [1.807, 2.05) is 24.4 Å². The van der Waals surface area contributed by atoms with Crippen LogP contribution in [0, 0.1) is 6.92 Å². The first-order chi connectivity index (χ1) is 9.67. The zero-order valence-corrected chi connectivity index (χ0v) is 14.0. The third-order valence-corrected chi connectivity index (χ3v) is 4.18. The van der Waals surface area contributed by atoms with Crippen molar-refractivity contribution in [3.63, 3.8) is 0 Å². The SMILES string of the molecule is COc1cc(CBr)cc(OC)c1OCc1csc(C)n1. The van der Waals surface area contributed by atoms with Gasteiger partial charge in [-0.25, -0.2) is 4.98 Å². The van der Waals surface area contributed by atoms with Crippen molar-refractivity contribution in [1.29, 1.82) is 0 Å². The third kappa shape index (κ3) is 3.43. The second kappa shape index (κ2) is 6.95. The van der Waals surface area contributed by atoms with Crippen LogP contribution < -0.4 is 14.2 Å². The lowest BCUT2D eigenvalue weighted by molar-refractivity contribution is 0.263. The van der Waals surface area contributed by atoms with Crippen LogP contribution in [0.15, 0.2) is 17.5 Å². The molecule has 1 aromatic carbocycles. The summed E-state index contributed by atoms with van der Waals surface area (Å²) in [4.78, 5) is 4.37. The lowest BCUT2D eigenvalue weighted by Crippen LogP contribution is -2.01. The number of methoxy groups -OCH3 is 2. The number of halogens is 1. The summed E-state index contributed by atoms with van der Waals surface area (Å²) in [7, 11) is 3.24. The maximum absolute atomic E-state index is 5.83. The smallest absolute Gasteiger partial charge is 0.203 e. The summed E-state index contributed by atoms with van der Waals surface area (Å²) in [5, 5.41) is 3.74. The zero-order chi connectivity index (χ0) is 14.5. The van der Waals surface area contributed by atoms with Crippen LogP contribution in [0.5, 0.6) is 17.2 Å². The fourth-order valence-electron chi connectivity index (χ4n) is 1.77. The highest BCUT2D eigenvalue weighted by atomic mass is 79.9. The van der Waals surface area contributed by atoms with Crippen molar-refractivity contribution >= 4 is 27.3 Å². The molecule has 1 aromatic heterocycles. The van der Waals surface area contributed by atoms with E-state index in [2.05, 4.69) is 20.9 Å². The van der Waals surface area contributed by atoms with E-state index in [0.717, 1.165) is 21.6 Å². The molecule has 4 nitrogen and oxygen atoms in total. The minimum atomic E-state index is 0.394. The van der Waals surface area contributed by atoms with Gasteiger partial charge in [0.05, 0.1) is 24.9 Å². The molecule has 0 saturated heterocycles. The Morgan fingerprint density at radius 2 is 1.85 bits per heavy atom. The Bertz CT molecular complexity index is 561. The van der Waals surface area contributed by atoms with Gasteiger partial charge in [-0.05, 0) is 24.6 Å². The van der Waals surface area contributed by atoms with Crippen LogP contribution in [0.2, 0.25) is 0 Å². The topological polar surface area (TPSA) is 40.6 Å². The Hall–Kier alpha value is -1.27. The molecule has 0 fully saturated rings. The molecule has 0 aliphatic carbocycles. The van der Waals surface area contributed by atoms with Crippen LogP contribution >= 0.6 is 27.3 Å². The highest BCUT2D eigenvalue weighted by molar-refractivity contribution is 9.08. The molecule has 0 atom stereocenters. The van der Waals surface area contributed by atoms with E-state index in [-0.39, 0.29) is 0 Å². The maximum Gasteiger partial charge on any atom is 0.203 e. The summed E-state index contributed by atoms with van der Waals surface area (Å²) in [5.41, 5.74) is 1.97. The average molecular weight is 358 g/mol. The number of alkyl halides is 1. The number of aryl methyl sites for hydroxylation is 1. The molecule has 0 N–H and O–H groups in total. The van der Waals surface area contributed by atoms with Gasteiger partial charge in [0.25, 0.3) is 0 Å². The van der Waals surface area contributed by atoms with Gasteiger partial charge >= 0.3 is 0 Å². The van der Waals surface area contributed by atoms with Gasteiger partial charge in [0, 0.05) is 10.7 Å². The number of aromatic nitrogens is 1. The van der Waals surface area contributed by atoms with Gasteiger partial charge in [-0.2, -0.15) is 0 Å². The first-order valence-corrected chi connectivity index (χ1v) is 8.02. The lowest BCUT2D eigenvalue weighted by Gasteiger charge is -2.15. The molecule has 0 radical (unpaired) electrons. The Kier molecular flexibility index (Phi) is 5.25. The summed E-state index contributed by atoms with van der Waals surface area (Å²) in [5.74, 6) is 1.92. The predicted octanol–water partition coefficient (Wildman–Crippen LogP) is 3.94. The second-order valence-electron chi connectivity index (χ2n) is 4.11. The fraction of sp³-hybridized carbons (Fsp3) is 0.357. The molecule has 0 unspecified atom stereocenters. The van der Waals surface area contributed by atoms with E-state index in [1.54, 1.807) is 25.6 Å². The molecule has 20 heavy (non-hydrogen) atoms. The summed E-state index contributed by atoms with van der Waals surface area (Å²) in [6, 6.07) is 3.86. The lowest BCUT2D eigenvalue weighted by atomic mass is 10.2. The Morgan fingerprint density at radius 1 is 1.20 bits per heavy atom. The van der Waals surface area contributed by atoms with E-state index in [9.17, 15) is 0 Å². The van der Waals surface area contributed by atoms with Gasteiger partial charge in [-0.3, -0.25) is 0 Å². The number of ether oxygens (including phenoxy) is 3. The van der Waals surface area contributed by atoms with Gasteiger partial charge in [0.15, 0.2) is 11.5 Å². The number of hydrogen-bond acceptors (Lipinski definition) is 5. The first kappa shape index (κ1) is 15.1. The Morgan fingerprint density at radius 3 is 2.30 bits per heavy atom. The number of thiazole rings is 1. The molecule has 6 heteroatoms. The molecule has 0 amide bonds. The number of hydrogen-bond donors (Lipinski definition) is 0. The minimum Gasteiger partial charge on any atom is -0.493 e. The van der Waals surface area contributed by atoms with E-state index < -0.39 is 0 Å². The van der Waals surface area contributed by atoms with Gasteiger partial charge in [0.2, 0.25) is 5.75 Å². The van der Waals surface area contributed by atoms with Crippen LogP contribution in [0.1, 0.15) is 16.3 Å². The third-order valence-electron chi connectivity index (χ3n) is 2.71. The largest absolute Gasteiger partial charge is 0.493 e. The van der Waals surface area contributed by atoms with Crippen LogP contribution in [0.4, 0.5) is 0 Å². The maximum atomic E-state index is 5.83. The summed E-state index contributed by atoms with van der Waals surface area (Å²) in [6.07, 6.45) is 0. The highest BCUT2D eigenvalue weighted by Crippen LogP contribution is 2.39. The molecular weight excluding hydrogens is 342 g/mol. The van der Waals surface area contributed by atoms with Crippen LogP contribution in [-0.4, -0.2) is 19.2 Å². The monoisotopic (exact) mass is 357 g/mol. The zero-order valence-electron chi connectivity index (χ0n) is 11.6. The van der Waals surface area contributed by atoms with Gasteiger partial charge in [-0.1, -0.05) is 15.9 Å². The predicted molar refractivity (Wildman–Crippen MR) is 83.4 cm³/mol. The van der Waals surface area contributed by atoms with Crippen LogP contribution in [0.25, 0.3) is 0 Å². The number of nitrogens with zero attached hydrogens (tertiary/aromatic N) is 1. The Balaban J connectivity index is 2.24. The minimum absolute atomic E-state index is 0.394. The average Bonchev–Trinajstić information content (AvgIpc) is 2.89.